The predicted molar refractivity (Wildman–Crippen MR) is 76.7 cm³/mol. The summed E-state index contributed by atoms with van der Waals surface area (Å²) in [6, 6.07) is 6.58. The summed E-state index contributed by atoms with van der Waals surface area (Å²) in [7, 11) is 0. The second-order valence-electron chi connectivity index (χ2n) is 4.05. The molecule has 0 saturated carbocycles. The SMILES string of the molecule is CCOc1cc(Nc2cc(Cl)ccc2F)c(N)cc1F. The van der Waals surface area contributed by atoms with E-state index in [0.717, 1.165) is 6.07 Å². The van der Waals surface area contributed by atoms with Crippen molar-refractivity contribution in [3.8, 4) is 5.75 Å². The van der Waals surface area contributed by atoms with Gasteiger partial charge in [0.05, 0.1) is 23.7 Å². The minimum absolute atomic E-state index is 0.0478. The van der Waals surface area contributed by atoms with Crippen molar-refractivity contribution in [1.82, 2.24) is 0 Å². The van der Waals surface area contributed by atoms with Crippen LogP contribution in [-0.4, -0.2) is 6.61 Å². The third-order valence-electron chi connectivity index (χ3n) is 2.60. The maximum absolute atomic E-state index is 13.6. The molecule has 20 heavy (non-hydrogen) atoms. The van der Waals surface area contributed by atoms with Crippen LogP contribution >= 0.6 is 11.6 Å². The quantitative estimate of drug-likeness (QED) is 0.825. The van der Waals surface area contributed by atoms with Gasteiger partial charge in [-0.05, 0) is 25.1 Å². The van der Waals surface area contributed by atoms with Gasteiger partial charge >= 0.3 is 0 Å². The van der Waals surface area contributed by atoms with Crippen molar-refractivity contribution >= 4 is 28.7 Å². The fourth-order valence-corrected chi connectivity index (χ4v) is 1.85. The second-order valence-corrected chi connectivity index (χ2v) is 4.49. The summed E-state index contributed by atoms with van der Waals surface area (Å²) in [5, 5.41) is 3.15. The number of nitrogens with one attached hydrogen (secondary N) is 1. The van der Waals surface area contributed by atoms with E-state index in [1.165, 1.54) is 24.3 Å². The van der Waals surface area contributed by atoms with Gasteiger partial charge in [-0.15, -0.1) is 0 Å². The molecule has 6 heteroatoms. The molecular weight excluding hydrogens is 286 g/mol. The van der Waals surface area contributed by atoms with Crippen molar-refractivity contribution < 1.29 is 13.5 Å². The summed E-state index contributed by atoms with van der Waals surface area (Å²) in [6.45, 7) is 2.05. The molecule has 0 atom stereocenters. The molecular formula is C14H13ClF2N2O. The molecule has 0 heterocycles. The standard InChI is InChI=1S/C14H13ClF2N2O/c1-2-20-14-7-13(11(18)6-10(14)17)19-12-5-8(15)3-4-9(12)16/h3-7,19H,2,18H2,1H3. The Morgan fingerprint density at radius 1 is 1.15 bits per heavy atom. The predicted octanol–water partition coefficient (Wildman–Crippen LogP) is 4.34. The summed E-state index contributed by atoms with van der Waals surface area (Å²) >= 11 is 5.81. The normalized spacial score (nSPS) is 10.4. The van der Waals surface area contributed by atoms with Crippen LogP contribution in [0.15, 0.2) is 30.3 Å². The summed E-state index contributed by atoms with van der Waals surface area (Å²) in [6.07, 6.45) is 0. The van der Waals surface area contributed by atoms with E-state index in [0.29, 0.717) is 17.3 Å². The van der Waals surface area contributed by atoms with Crippen LogP contribution in [0.1, 0.15) is 6.92 Å². The summed E-state index contributed by atoms with van der Waals surface area (Å²) in [4.78, 5) is 0. The maximum atomic E-state index is 13.6. The highest BCUT2D eigenvalue weighted by Crippen LogP contribution is 2.32. The molecule has 3 N–H and O–H groups in total. The van der Waals surface area contributed by atoms with Gasteiger partial charge in [-0.25, -0.2) is 8.78 Å². The molecule has 0 unspecified atom stereocenters. The fraction of sp³-hybridized carbons (Fsp3) is 0.143. The zero-order chi connectivity index (χ0) is 14.7. The van der Waals surface area contributed by atoms with Crippen molar-refractivity contribution in [3.63, 3.8) is 0 Å². The Labute approximate surface area is 120 Å². The van der Waals surface area contributed by atoms with Gasteiger partial charge in [0.25, 0.3) is 0 Å². The van der Waals surface area contributed by atoms with E-state index in [4.69, 9.17) is 22.1 Å². The zero-order valence-corrected chi connectivity index (χ0v) is 11.5. The average Bonchev–Trinajstić information content (AvgIpc) is 2.39. The topological polar surface area (TPSA) is 47.3 Å². The lowest BCUT2D eigenvalue weighted by Gasteiger charge is -2.13. The van der Waals surface area contributed by atoms with Crippen molar-refractivity contribution in [2.45, 2.75) is 6.92 Å². The summed E-state index contributed by atoms with van der Waals surface area (Å²) < 4.78 is 32.4. The van der Waals surface area contributed by atoms with Gasteiger partial charge in [0.1, 0.15) is 5.82 Å². The lowest BCUT2D eigenvalue weighted by Crippen LogP contribution is -2.02. The Balaban J connectivity index is 2.37. The number of hydrogen-bond donors (Lipinski definition) is 2. The third-order valence-corrected chi connectivity index (χ3v) is 2.84. The lowest BCUT2D eigenvalue weighted by molar-refractivity contribution is 0.322. The Bertz CT molecular complexity index is 635. The fourth-order valence-electron chi connectivity index (χ4n) is 1.68. The highest BCUT2D eigenvalue weighted by molar-refractivity contribution is 6.30. The molecule has 0 aliphatic heterocycles. The van der Waals surface area contributed by atoms with Gasteiger partial charge in [0, 0.05) is 17.2 Å². The number of benzene rings is 2. The van der Waals surface area contributed by atoms with Gasteiger partial charge in [-0.1, -0.05) is 11.6 Å². The average molecular weight is 299 g/mol. The van der Waals surface area contributed by atoms with Crippen LogP contribution in [-0.2, 0) is 0 Å². The van der Waals surface area contributed by atoms with Gasteiger partial charge in [0.2, 0.25) is 0 Å². The highest BCUT2D eigenvalue weighted by atomic mass is 35.5. The number of anilines is 3. The molecule has 2 aromatic rings. The van der Waals surface area contributed by atoms with E-state index in [2.05, 4.69) is 5.32 Å². The van der Waals surface area contributed by atoms with E-state index in [1.54, 1.807) is 6.92 Å². The molecule has 0 fully saturated rings. The third kappa shape index (κ3) is 3.11. The minimum atomic E-state index is -0.568. The van der Waals surface area contributed by atoms with Crippen LogP contribution in [0.3, 0.4) is 0 Å². The van der Waals surface area contributed by atoms with E-state index in [-0.39, 0.29) is 17.1 Å². The second kappa shape index (κ2) is 5.96. The molecule has 2 rings (SSSR count). The monoisotopic (exact) mass is 298 g/mol. The molecule has 0 spiro atoms. The maximum Gasteiger partial charge on any atom is 0.167 e. The van der Waals surface area contributed by atoms with Crippen LogP contribution < -0.4 is 15.8 Å². The number of hydrogen-bond acceptors (Lipinski definition) is 3. The van der Waals surface area contributed by atoms with Crippen LogP contribution in [0.5, 0.6) is 5.75 Å². The molecule has 0 aromatic heterocycles. The number of nitrogen functional groups attached to an aromatic ring is 1. The molecule has 0 amide bonds. The molecule has 0 aliphatic rings. The van der Waals surface area contributed by atoms with Crippen LogP contribution in [0.25, 0.3) is 0 Å². The minimum Gasteiger partial charge on any atom is -0.491 e. The number of rotatable bonds is 4. The van der Waals surface area contributed by atoms with Gasteiger partial charge in [0.15, 0.2) is 11.6 Å². The summed E-state index contributed by atoms with van der Waals surface area (Å²) in [5.74, 6) is -1.01. The highest BCUT2D eigenvalue weighted by Gasteiger charge is 2.11. The van der Waals surface area contributed by atoms with Crippen molar-refractivity contribution in [1.29, 1.82) is 0 Å². The van der Waals surface area contributed by atoms with Crippen LogP contribution in [0, 0.1) is 11.6 Å². The molecule has 0 bridgehead atoms. The molecule has 2 aromatic carbocycles. The Morgan fingerprint density at radius 2 is 1.90 bits per heavy atom. The molecule has 106 valence electrons. The van der Waals surface area contributed by atoms with E-state index in [1.807, 2.05) is 0 Å². The van der Waals surface area contributed by atoms with E-state index in [9.17, 15) is 8.78 Å². The largest absolute Gasteiger partial charge is 0.491 e. The van der Waals surface area contributed by atoms with Gasteiger partial charge in [-0.2, -0.15) is 0 Å². The first kappa shape index (κ1) is 14.4. The van der Waals surface area contributed by atoms with E-state index >= 15 is 0 Å². The van der Waals surface area contributed by atoms with Crippen LogP contribution in [0.4, 0.5) is 25.8 Å². The number of ether oxygens (including phenoxy) is 1. The zero-order valence-electron chi connectivity index (χ0n) is 10.7. The molecule has 0 radical (unpaired) electrons. The Hall–Kier alpha value is -2.01. The molecule has 3 nitrogen and oxygen atoms in total. The first-order valence-electron chi connectivity index (χ1n) is 5.95. The smallest absolute Gasteiger partial charge is 0.167 e. The Kier molecular flexibility index (Phi) is 4.29. The van der Waals surface area contributed by atoms with Gasteiger partial charge in [-0.3, -0.25) is 0 Å². The van der Waals surface area contributed by atoms with Crippen molar-refractivity contribution in [2.24, 2.45) is 0 Å². The Morgan fingerprint density at radius 3 is 2.60 bits per heavy atom. The van der Waals surface area contributed by atoms with E-state index < -0.39 is 11.6 Å². The summed E-state index contributed by atoms with van der Waals surface area (Å²) in [5.41, 5.74) is 6.35. The first-order chi connectivity index (χ1) is 9.51. The first-order valence-corrected chi connectivity index (χ1v) is 6.33. The molecule has 0 saturated heterocycles. The van der Waals surface area contributed by atoms with Crippen molar-refractivity contribution in [2.75, 3.05) is 17.7 Å². The van der Waals surface area contributed by atoms with Gasteiger partial charge < -0.3 is 15.8 Å². The van der Waals surface area contributed by atoms with Crippen LogP contribution in [0.2, 0.25) is 5.02 Å². The lowest BCUT2D eigenvalue weighted by atomic mass is 10.2. The van der Waals surface area contributed by atoms with Crippen molar-refractivity contribution in [3.05, 3.63) is 47.0 Å². The number of nitrogens with two attached hydrogens (primary N) is 1. The number of halogens is 3. The molecule has 0 aliphatic carbocycles.